The molecule has 2 aromatic rings. The second-order valence-electron chi connectivity index (χ2n) is 21.6. The zero-order valence-electron chi connectivity index (χ0n) is 44.7. The number of unbranched alkanes of at least 4 members (excludes halogenated alkanes) is 4. The van der Waals surface area contributed by atoms with Crippen LogP contribution >= 0.6 is 0 Å². The summed E-state index contributed by atoms with van der Waals surface area (Å²) in [6.07, 6.45) is 3.74. The van der Waals surface area contributed by atoms with E-state index in [2.05, 4.69) is 0 Å². The number of halogens is 6. The van der Waals surface area contributed by atoms with Gasteiger partial charge < -0.3 is 34.2 Å². The van der Waals surface area contributed by atoms with Gasteiger partial charge in [-0.05, 0) is 125 Å². The van der Waals surface area contributed by atoms with Crippen LogP contribution in [0.2, 0.25) is 0 Å². The summed E-state index contributed by atoms with van der Waals surface area (Å²) in [4.78, 5) is 72.7. The summed E-state index contributed by atoms with van der Waals surface area (Å²) >= 11 is 0. The summed E-state index contributed by atoms with van der Waals surface area (Å²) in [7, 11) is 0. The third kappa shape index (κ3) is 12.6. The molecule has 2 aromatic carbocycles. The molecule has 2 aliphatic heterocycles. The first kappa shape index (κ1) is 59.0. The standard InChI is InChI=1S/C28H41F3N2O4.C27H37F3N2O4/c1-7-8-12-15-32-22-16-20(24(34)33(18(2)3)19-13-10-9-11-14-19)21(28(29,30)31)17-23(22)37-27(6,25(32)35)26(4,5)36;1-6-7-11-14-31-22-15-20(24(34)32(17(2)3)19-12-9-8-10-13-19)21(27(28,29)30)16-23(22)36-26(5,18(4)33)25(31)35/h16-19,36H,7-15H2,1-6H3;15-17,19H,6-14H2,1-5H3. The van der Waals surface area contributed by atoms with Crippen LogP contribution in [0, 0.1) is 0 Å². The van der Waals surface area contributed by atoms with Crippen LogP contribution in [0.25, 0.3) is 0 Å². The van der Waals surface area contributed by atoms with Crippen LogP contribution < -0.4 is 19.3 Å². The van der Waals surface area contributed by atoms with Gasteiger partial charge in [-0.1, -0.05) is 78.1 Å². The molecule has 6 rings (SSSR count). The first-order chi connectivity index (χ1) is 34.0. The van der Waals surface area contributed by atoms with Crippen LogP contribution in [0.4, 0.5) is 37.7 Å². The molecule has 18 heteroatoms. The lowest BCUT2D eigenvalue weighted by atomic mass is 9.84. The molecule has 12 nitrogen and oxygen atoms in total. The molecule has 2 atom stereocenters. The van der Waals surface area contributed by atoms with Crippen molar-refractivity contribution in [3.05, 3.63) is 46.5 Å². The minimum absolute atomic E-state index is 0.0959. The van der Waals surface area contributed by atoms with E-state index in [1.807, 2.05) is 27.7 Å². The second kappa shape index (κ2) is 23.3. The maximum absolute atomic E-state index is 14.4. The van der Waals surface area contributed by atoms with Crippen LogP contribution in [0.3, 0.4) is 0 Å². The number of carbonyl (C=O) groups excluding carboxylic acids is 5. The lowest BCUT2D eigenvalue weighted by Crippen LogP contribution is -2.65. The number of carbonyl (C=O) groups is 5. The summed E-state index contributed by atoms with van der Waals surface area (Å²) in [5, 5.41) is 10.8. The molecule has 0 bridgehead atoms. The van der Waals surface area contributed by atoms with Gasteiger partial charge in [0.1, 0.15) is 17.1 Å². The molecule has 4 amide bonds. The molecule has 2 aliphatic carbocycles. The van der Waals surface area contributed by atoms with E-state index in [1.54, 1.807) is 23.6 Å². The van der Waals surface area contributed by atoms with Crippen molar-refractivity contribution in [2.75, 3.05) is 22.9 Å². The average Bonchev–Trinajstić information content (AvgIpc) is 3.30. The monoisotopic (exact) mass is 1040 g/mol. The van der Waals surface area contributed by atoms with Crippen molar-refractivity contribution in [1.29, 1.82) is 0 Å². The van der Waals surface area contributed by atoms with Crippen LogP contribution in [-0.2, 0) is 26.7 Å². The summed E-state index contributed by atoms with van der Waals surface area (Å²) in [6, 6.07) is 3.07. The van der Waals surface area contributed by atoms with Gasteiger partial charge in [0.2, 0.25) is 11.2 Å². The molecule has 0 saturated heterocycles. The molecular formula is C55H78F6N4O8. The largest absolute Gasteiger partial charge is 0.472 e. The fourth-order valence-electron chi connectivity index (χ4n) is 10.5. The number of anilines is 2. The fraction of sp³-hybridized carbons (Fsp3) is 0.691. The number of hydrogen-bond acceptors (Lipinski definition) is 8. The van der Waals surface area contributed by atoms with Crippen molar-refractivity contribution in [2.45, 2.75) is 232 Å². The molecule has 1 N–H and O–H groups in total. The first-order valence-electron chi connectivity index (χ1n) is 26.4. The molecule has 0 spiro atoms. The fourth-order valence-corrected chi connectivity index (χ4v) is 10.5. The summed E-state index contributed by atoms with van der Waals surface area (Å²) in [5.74, 6) is -3.56. The molecule has 0 radical (unpaired) electrons. The third-order valence-electron chi connectivity index (χ3n) is 15.1. The van der Waals surface area contributed by atoms with Gasteiger partial charge in [0, 0.05) is 37.3 Å². The van der Waals surface area contributed by atoms with E-state index in [-0.39, 0.29) is 60.1 Å². The van der Waals surface area contributed by atoms with Crippen LogP contribution in [-0.4, -0.2) is 98.4 Å². The lowest BCUT2D eigenvalue weighted by molar-refractivity contribution is -0.157. The van der Waals surface area contributed by atoms with Gasteiger partial charge in [0.25, 0.3) is 23.6 Å². The Hall–Kier alpha value is -4.87. The van der Waals surface area contributed by atoms with Gasteiger partial charge >= 0.3 is 12.4 Å². The van der Waals surface area contributed by atoms with E-state index in [1.165, 1.54) is 50.5 Å². The van der Waals surface area contributed by atoms with Crippen molar-refractivity contribution < 1.29 is 64.9 Å². The first-order valence-corrected chi connectivity index (χ1v) is 26.4. The Balaban J connectivity index is 0.000000271. The maximum atomic E-state index is 14.4. The summed E-state index contributed by atoms with van der Waals surface area (Å²) in [6.45, 7) is 18.3. The maximum Gasteiger partial charge on any atom is 0.417 e. The topological polar surface area (TPSA) is 137 Å². The highest BCUT2D eigenvalue weighted by molar-refractivity contribution is 6.17. The van der Waals surface area contributed by atoms with Gasteiger partial charge in [-0.15, -0.1) is 0 Å². The Kier molecular flexibility index (Phi) is 18.9. The number of aliphatic hydroxyl groups is 1. The average molecular weight is 1040 g/mol. The van der Waals surface area contributed by atoms with Crippen molar-refractivity contribution >= 4 is 40.8 Å². The van der Waals surface area contributed by atoms with Gasteiger partial charge in [-0.3, -0.25) is 24.0 Å². The molecule has 2 unspecified atom stereocenters. The van der Waals surface area contributed by atoms with Crippen LogP contribution in [0.15, 0.2) is 24.3 Å². The number of ketones is 1. The molecule has 73 heavy (non-hydrogen) atoms. The number of fused-ring (bicyclic) bond motifs is 2. The highest BCUT2D eigenvalue weighted by atomic mass is 19.4. The van der Waals surface area contributed by atoms with E-state index in [4.69, 9.17) is 9.47 Å². The predicted octanol–water partition coefficient (Wildman–Crippen LogP) is 12.5. The quantitative estimate of drug-likeness (QED) is 0.0997. The number of ether oxygens (including phenoxy) is 2. The van der Waals surface area contributed by atoms with Gasteiger partial charge in [-0.25, -0.2) is 0 Å². The van der Waals surface area contributed by atoms with Crippen LogP contribution in [0.1, 0.15) is 211 Å². The van der Waals surface area contributed by atoms with E-state index in [9.17, 15) is 55.4 Å². The molecule has 2 fully saturated rings. The van der Waals surface area contributed by atoms with Gasteiger partial charge in [0.15, 0.2) is 5.78 Å². The summed E-state index contributed by atoms with van der Waals surface area (Å²) in [5.41, 5.74) is -8.37. The Morgan fingerprint density at radius 1 is 0.644 bits per heavy atom. The summed E-state index contributed by atoms with van der Waals surface area (Å²) < 4.78 is 97.5. The zero-order chi connectivity index (χ0) is 54.6. The number of amides is 4. The zero-order valence-corrected chi connectivity index (χ0v) is 44.7. The van der Waals surface area contributed by atoms with Crippen LogP contribution in [0.5, 0.6) is 11.5 Å². The minimum atomic E-state index is -4.83. The van der Waals surface area contributed by atoms with Gasteiger partial charge in [-0.2, -0.15) is 26.3 Å². The number of nitrogens with zero attached hydrogens (tertiary/aromatic N) is 4. The Morgan fingerprint density at radius 2 is 1.01 bits per heavy atom. The highest BCUT2D eigenvalue weighted by Gasteiger charge is 2.55. The highest BCUT2D eigenvalue weighted by Crippen LogP contribution is 2.48. The number of alkyl halides is 6. The molecular weight excluding hydrogens is 959 g/mol. The third-order valence-corrected chi connectivity index (χ3v) is 15.1. The van der Waals surface area contributed by atoms with Crippen molar-refractivity contribution in [3.8, 4) is 11.5 Å². The van der Waals surface area contributed by atoms with Crippen molar-refractivity contribution in [2.24, 2.45) is 0 Å². The number of Topliss-reactive ketones (excluding diaryl/α,β-unsaturated/α-hetero) is 1. The van der Waals surface area contributed by atoms with Crippen molar-refractivity contribution in [3.63, 3.8) is 0 Å². The Morgan fingerprint density at radius 3 is 1.34 bits per heavy atom. The van der Waals surface area contributed by atoms with Crippen molar-refractivity contribution in [1.82, 2.24) is 9.80 Å². The second-order valence-corrected chi connectivity index (χ2v) is 21.6. The smallest absolute Gasteiger partial charge is 0.417 e. The Labute approximate surface area is 427 Å². The Bertz CT molecular complexity index is 2320. The molecule has 0 aromatic heterocycles. The minimum Gasteiger partial charge on any atom is -0.472 e. The lowest BCUT2D eigenvalue weighted by Gasteiger charge is -2.46. The van der Waals surface area contributed by atoms with E-state index in [0.717, 1.165) is 108 Å². The number of rotatable bonds is 16. The van der Waals surface area contributed by atoms with E-state index >= 15 is 0 Å². The van der Waals surface area contributed by atoms with E-state index < -0.39 is 80.8 Å². The predicted molar refractivity (Wildman–Crippen MR) is 268 cm³/mol. The molecule has 2 saturated carbocycles. The molecule has 408 valence electrons. The number of hydrogen-bond donors (Lipinski definition) is 1. The molecule has 4 aliphatic rings. The number of benzene rings is 2. The molecule has 2 heterocycles. The normalized spacial score (nSPS) is 21.0. The van der Waals surface area contributed by atoms with E-state index in [0.29, 0.717) is 12.8 Å². The van der Waals surface area contributed by atoms with Gasteiger partial charge in [0.05, 0.1) is 33.6 Å². The SMILES string of the molecule is CCCCCN1C(=O)C(C)(C(C)(C)O)Oc2cc(C(F)(F)F)c(C(=O)N(C(C)C)C3CCCCC3)cc21.CCCCCN1C(=O)C(C)(C(C)=O)Oc2cc(C(F)(F)F)c(C(=O)N(C(C)C)C3CCCCC3)cc21.